The van der Waals surface area contributed by atoms with E-state index in [0.717, 1.165) is 17.7 Å². The van der Waals surface area contributed by atoms with Crippen LogP contribution in [-0.4, -0.2) is 59.0 Å². The number of Topliss-reactive ketones (excluding diaryl/α,β-unsaturated/α-hetero) is 2. The highest BCUT2D eigenvalue weighted by atomic mass is 31.2. The Morgan fingerprint density at radius 1 is 1.06 bits per heavy atom. The first-order valence-corrected chi connectivity index (χ1v) is 13.6. The van der Waals surface area contributed by atoms with Gasteiger partial charge in [-0.15, -0.1) is 0 Å². The molecule has 1 aliphatic rings. The molecular weight excluding hydrogens is 481 g/mol. The van der Waals surface area contributed by atoms with Crippen LogP contribution in [0.5, 0.6) is 0 Å². The number of morpholine rings is 1. The van der Waals surface area contributed by atoms with Crippen molar-refractivity contribution in [3.8, 4) is 0 Å². The fraction of sp³-hybridized carbons (Fsp3) is 0.385. The summed E-state index contributed by atoms with van der Waals surface area (Å²) in [6, 6.07) is 15.7. The third-order valence-electron chi connectivity index (χ3n) is 6.16. The number of aryl methyl sites for hydroxylation is 1. The van der Waals surface area contributed by atoms with Crippen molar-refractivity contribution in [2.45, 2.75) is 37.2 Å². The maximum Gasteiger partial charge on any atom is 0.345 e. The summed E-state index contributed by atoms with van der Waals surface area (Å²) in [6.07, 6.45) is 3.40. The highest BCUT2D eigenvalue weighted by Crippen LogP contribution is 2.38. The van der Waals surface area contributed by atoms with Crippen molar-refractivity contribution < 1.29 is 28.7 Å². The van der Waals surface area contributed by atoms with Gasteiger partial charge in [-0.1, -0.05) is 66.7 Å². The van der Waals surface area contributed by atoms with E-state index in [2.05, 4.69) is 5.32 Å². The molecule has 2 aromatic carbocycles. The molecule has 0 saturated carbocycles. The summed E-state index contributed by atoms with van der Waals surface area (Å²) < 4.78 is 16.9. The molecule has 2 aromatic rings. The third kappa shape index (κ3) is 8.28. The molecule has 7 N–H and O–H groups in total. The van der Waals surface area contributed by atoms with Crippen molar-refractivity contribution in [3.05, 3.63) is 83.4 Å². The molecule has 0 radical (unpaired) electrons. The fourth-order valence-corrected chi connectivity index (χ4v) is 4.34. The normalized spacial score (nSPS) is 19.1. The highest BCUT2D eigenvalue weighted by Gasteiger charge is 2.26. The number of carbonyl (C=O) groups excluding carboxylic acids is 2. The number of allylic oxidation sites excluding steroid dienone is 1. The van der Waals surface area contributed by atoms with Crippen LogP contribution < -0.4 is 16.8 Å². The SMILES string of the molecule is N[C@H](C=CC(CCc1ccccc1)C(=O)[C@@H](N)Cc1ccc(C(=O)C2CNCCO2)cc1)P(=O)(O)O. The van der Waals surface area contributed by atoms with Crippen molar-refractivity contribution in [3.63, 3.8) is 0 Å². The van der Waals surface area contributed by atoms with E-state index < -0.39 is 31.4 Å². The van der Waals surface area contributed by atoms with Gasteiger partial charge in [-0.05, 0) is 30.4 Å². The van der Waals surface area contributed by atoms with Gasteiger partial charge in [0.25, 0.3) is 0 Å². The van der Waals surface area contributed by atoms with Crippen LogP contribution in [0.2, 0.25) is 0 Å². The summed E-state index contributed by atoms with van der Waals surface area (Å²) in [4.78, 5) is 44.4. The molecule has 3 rings (SSSR count). The third-order valence-corrected chi connectivity index (χ3v) is 7.11. The highest BCUT2D eigenvalue weighted by molar-refractivity contribution is 7.52. The number of ether oxygens (including phenoxy) is 1. The molecular formula is C26H34N3O6P. The number of hydrogen-bond acceptors (Lipinski definition) is 7. The molecule has 10 heteroatoms. The number of carbonyl (C=O) groups is 2. The first kappa shape index (κ1) is 28.1. The van der Waals surface area contributed by atoms with E-state index in [1.807, 2.05) is 30.3 Å². The maximum atomic E-state index is 13.2. The van der Waals surface area contributed by atoms with Crippen LogP contribution in [0.4, 0.5) is 0 Å². The molecule has 36 heavy (non-hydrogen) atoms. The van der Waals surface area contributed by atoms with E-state index in [1.54, 1.807) is 24.3 Å². The second-order valence-electron chi connectivity index (χ2n) is 8.93. The van der Waals surface area contributed by atoms with E-state index in [4.69, 9.17) is 16.2 Å². The average molecular weight is 516 g/mol. The first-order chi connectivity index (χ1) is 17.1. The van der Waals surface area contributed by atoms with Crippen molar-refractivity contribution >= 4 is 19.2 Å². The number of nitrogens with one attached hydrogen (secondary N) is 1. The average Bonchev–Trinajstić information content (AvgIpc) is 2.88. The van der Waals surface area contributed by atoms with Gasteiger partial charge in [0.15, 0.2) is 11.6 Å². The second-order valence-corrected chi connectivity index (χ2v) is 10.7. The number of rotatable bonds is 12. The predicted octanol–water partition coefficient (Wildman–Crippen LogP) is 1.56. The van der Waals surface area contributed by atoms with Gasteiger partial charge in [-0.25, -0.2) is 0 Å². The monoisotopic (exact) mass is 515 g/mol. The molecule has 0 aromatic heterocycles. The summed E-state index contributed by atoms with van der Waals surface area (Å²) in [5, 5.41) is 3.14. The minimum Gasteiger partial charge on any atom is -0.367 e. The minimum atomic E-state index is -4.51. The van der Waals surface area contributed by atoms with Crippen molar-refractivity contribution in [2.24, 2.45) is 17.4 Å². The van der Waals surface area contributed by atoms with E-state index >= 15 is 0 Å². The summed E-state index contributed by atoms with van der Waals surface area (Å²) in [5.74, 6) is -2.49. The van der Waals surface area contributed by atoms with Gasteiger partial charge in [0.1, 0.15) is 11.9 Å². The zero-order chi connectivity index (χ0) is 26.1. The van der Waals surface area contributed by atoms with Crippen LogP contribution in [0, 0.1) is 5.92 Å². The van der Waals surface area contributed by atoms with E-state index in [0.29, 0.717) is 31.6 Å². The molecule has 4 atom stereocenters. The van der Waals surface area contributed by atoms with Gasteiger partial charge in [0.05, 0.1) is 12.6 Å². The van der Waals surface area contributed by atoms with E-state index in [-0.39, 0.29) is 18.0 Å². The Morgan fingerprint density at radius 2 is 1.75 bits per heavy atom. The maximum absolute atomic E-state index is 13.2. The molecule has 0 amide bonds. The lowest BCUT2D eigenvalue weighted by Crippen LogP contribution is -2.43. The standard InChI is InChI=1S/C26H34N3O6P/c27-22(16-19-7-10-21(11-8-19)26(31)23-17-29-14-15-35-23)25(30)20(12-13-24(28)36(32,33)34)9-6-18-4-2-1-3-5-18/h1-5,7-8,10-13,20,22-24,29H,6,9,14-17,27-28H2,(H2,32,33,34)/t20?,22-,23?,24-/m0/s1. The molecule has 9 nitrogen and oxygen atoms in total. The Bertz CT molecular complexity index is 1080. The molecule has 1 heterocycles. The number of ketones is 2. The topological polar surface area (TPSA) is 165 Å². The van der Waals surface area contributed by atoms with Crippen LogP contribution in [0.15, 0.2) is 66.7 Å². The lowest BCUT2D eigenvalue weighted by molar-refractivity contribution is -0.122. The number of hydrogen-bond donors (Lipinski definition) is 5. The minimum absolute atomic E-state index is 0.0957. The Morgan fingerprint density at radius 3 is 2.36 bits per heavy atom. The molecule has 194 valence electrons. The summed E-state index contributed by atoms with van der Waals surface area (Å²) in [5.41, 5.74) is 14.2. The van der Waals surface area contributed by atoms with Gasteiger partial charge in [0.2, 0.25) is 0 Å². The largest absolute Gasteiger partial charge is 0.367 e. The number of benzene rings is 2. The van der Waals surface area contributed by atoms with Crippen LogP contribution in [0.3, 0.4) is 0 Å². The lowest BCUT2D eigenvalue weighted by Gasteiger charge is -2.22. The predicted molar refractivity (Wildman–Crippen MR) is 137 cm³/mol. The van der Waals surface area contributed by atoms with Gasteiger partial charge in [-0.2, -0.15) is 0 Å². The number of nitrogens with two attached hydrogens (primary N) is 2. The van der Waals surface area contributed by atoms with Gasteiger partial charge < -0.3 is 31.3 Å². The summed E-state index contributed by atoms with van der Waals surface area (Å²) in [6.45, 7) is 1.69. The van der Waals surface area contributed by atoms with Crippen LogP contribution >= 0.6 is 7.60 Å². The molecule has 1 fully saturated rings. The molecule has 0 bridgehead atoms. The lowest BCUT2D eigenvalue weighted by atomic mass is 9.89. The van der Waals surface area contributed by atoms with Gasteiger partial charge in [0, 0.05) is 24.6 Å². The summed E-state index contributed by atoms with van der Waals surface area (Å²) in [7, 11) is -4.51. The van der Waals surface area contributed by atoms with Crippen molar-refractivity contribution in [1.82, 2.24) is 5.32 Å². The zero-order valence-electron chi connectivity index (χ0n) is 20.0. The second kappa shape index (κ2) is 13.2. The molecule has 0 spiro atoms. The van der Waals surface area contributed by atoms with Gasteiger partial charge >= 0.3 is 7.60 Å². The molecule has 1 saturated heterocycles. The van der Waals surface area contributed by atoms with Crippen molar-refractivity contribution in [2.75, 3.05) is 19.7 Å². The van der Waals surface area contributed by atoms with E-state index in [9.17, 15) is 23.9 Å². The smallest absolute Gasteiger partial charge is 0.345 e. The van der Waals surface area contributed by atoms with Gasteiger partial charge in [-0.3, -0.25) is 14.2 Å². The Balaban J connectivity index is 1.66. The molecule has 0 aliphatic carbocycles. The first-order valence-electron chi connectivity index (χ1n) is 11.9. The Hall–Kier alpha value is -2.49. The Kier molecular flexibility index (Phi) is 10.3. The quantitative estimate of drug-likeness (QED) is 0.160. The van der Waals surface area contributed by atoms with Crippen LogP contribution in [0.25, 0.3) is 0 Å². The van der Waals surface area contributed by atoms with Crippen LogP contribution in [0.1, 0.15) is 27.9 Å². The molecule has 2 unspecified atom stereocenters. The molecule has 1 aliphatic heterocycles. The zero-order valence-corrected chi connectivity index (χ0v) is 20.9. The van der Waals surface area contributed by atoms with Crippen molar-refractivity contribution in [1.29, 1.82) is 0 Å². The van der Waals surface area contributed by atoms with E-state index in [1.165, 1.54) is 12.2 Å². The Labute approximate surface area is 211 Å². The van der Waals surface area contributed by atoms with Crippen LogP contribution in [-0.2, 0) is 26.9 Å². The fourth-order valence-electron chi connectivity index (χ4n) is 4.01. The summed E-state index contributed by atoms with van der Waals surface area (Å²) >= 11 is 0.